The summed E-state index contributed by atoms with van der Waals surface area (Å²) in [6.45, 7) is 5.02. The number of aromatic nitrogens is 3. The van der Waals surface area contributed by atoms with Crippen molar-refractivity contribution in [2.45, 2.75) is 39.0 Å². The van der Waals surface area contributed by atoms with Gasteiger partial charge in [0, 0.05) is 25.4 Å². The second-order valence-electron chi connectivity index (χ2n) is 6.73. The molecule has 26 heavy (non-hydrogen) atoms. The Labute approximate surface area is 150 Å². The number of rotatable bonds is 3. The molecule has 1 amide bonds. The summed E-state index contributed by atoms with van der Waals surface area (Å²) in [7, 11) is 0. The second-order valence-corrected chi connectivity index (χ2v) is 6.73. The molecule has 3 aromatic rings. The largest absolute Gasteiger partial charge is 0.435 e. The van der Waals surface area contributed by atoms with Crippen LogP contribution in [0.2, 0.25) is 0 Å². The van der Waals surface area contributed by atoms with Crippen molar-refractivity contribution in [1.29, 1.82) is 0 Å². The van der Waals surface area contributed by atoms with Crippen LogP contribution in [0.25, 0.3) is 11.0 Å². The van der Waals surface area contributed by atoms with Gasteiger partial charge >= 0.3 is 0 Å². The van der Waals surface area contributed by atoms with Crippen LogP contribution in [0, 0.1) is 12.7 Å². The average molecular weight is 356 g/mol. The number of aromatic amines is 1. The second kappa shape index (κ2) is 6.55. The Morgan fingerprint density at radius 1 is 1.35 bits per heavy atom. The van der Waals surface area contributed by atoms with E-state index in [0.29, 0.717) is 42.4 Å². The van der Waals surface area contributed by atoms with Crippen LogP contribution < -0.4 is 0 Å². The summed E-state index contributed by atoms with van der Waals surface area (Å²) in [6.07, 6.45) is 2.28. The number of halogens is 1. The minimum absolute atomic E-state index is 0.0974. The third kappa shape index (κ3) is 2.98. The van der Waals surface area contributed by atoms with Crippen LogP contribution >= 0.6 is 0 Å². The lowest BCUT2D eigenvalue weighted by Gasteiger charge is -2.30. The summed E-state index contributed by atoms with van der Waals surface area (Å²) in [4.78, 5) is 26.6. The number of oxazole rings is 1. The molecule has 1 N–H and O–H groups in total. The number of amides is 1. The Hall–Kier alpha value is -2.70. The fraction of sp³-hybridized carbons (Fsp3) is 0.421. The molecule has 6 nitrogen and oxygen atoms in total. The molecule has 0 spiro atoms. The number of likely N-dealkylation sites (tertiary alicyclic amines) is 1. The van der Waals surface area contributed by atoms with Crippen LogP contribution in [-0.2, 0) is 6.42 Å². The van der Waals surface area contributed by atoms with Gasteiger partial charge < -0.3 is 14.3 Å². The lowest BCUT2D eigenvalue weighted by Crippen LogP contribution is -2.38. The molecule has 1 aliphatic heterocycles. The Morgan fingerprint density at radius 2 is 2.12 bits per heavy atom. The van der Waals surface area contributed by atoms with Gasteiger partial charge in [-0.3, -0.25) is 4.79 Å². The zero-order chi connectivity index (χ0) is 18.3. The molecule has 0 bridgehead atoms. The summed E-state index contributed by atoms with van der Waals surface area (Å²) in [6, 6.07) is 4.56. The Balaban J connectivity index is 1.46. The van der Waals surface area contributed by atoms with Gasteiger partial charge in [0.2, 0.25) is 5.76 Å². The van der Waals surface area contributed by atoms with E-state index in [2.05, 4.69) is 15.0 Å². The molecule has 0 unspecified atom stereocenters. The Bertz CT molecular complexity index is 954. The smallest absolute Gasteiger partial charge is 0.291 e. The highest BCUT2D eigenvalue weighted by atomic mass is 19.1. The van der Waals surface area contributed by atoms with E-state index in [1.54, 1.807) is 13.0 Å². The molecule has 7 heteroatoms. The number of carbonyl (C=O) groups excluding carboxylic acids is 1. The van der Waals surface area contributed by atoms with Crippen molar-refractivity contribution in [1.82, 2.24) is 19.9 Å². The quantitative estimate of drug-likeness (QED) is 0.778. The molecule has 0 aliphatic carbocycles. The normalized spacial score (nSPS) is 15.7. The molecular weight excluding hydrogens is 335 g/mol. The highest BCUT2D eigenvalue weighted by Gasteiger charge is 2.29. The van der Waals surface area contributed by atoms with Crippen LogP contribution in [0.15, 0.2) is 22.6 Å². The molecule has 0 radical (unpaired) electrons. The van der Waals surface area contributed by atoms with Gasteiger partial charge in [-0.2, -0.15) is 0 Å². The fourth-order valence-corrected chi connectivity index (χ4v) is 3.50. The standard InChI is InChI=1S/C19H21FN4O2/c1-3-16-21-11(2)17(26-16)19(25)24-8-6-12(7-9-24)18-22-14-5-4-13(20)10-15(14)23-18/h4-5,10,12H,3,6-9H2,1-2H3,(H,22,23). The predicted molar refractivity (Wildman–Crippen MR) is 94.5 cm³/mol. The van der Waals surface area contributed by atoms with Crippen molar-refractivity contribution in [3.63, 3.8) is 0 Å². The van der Waals surface area contributed by atoms with Gasteiger partial charge in [-0.1, -0.05) is 6.92 Å². The number of piperidine rings is 1. The van der Waals surface area contributed by atoms with Gasteiger partial charge in [-0.25, -0.2) is 14.4 Å². The zero-order valence-corrected chi connectivity index (χ0v) is 14.9. The average Bonchev–Trinajstić information content (AvgIpc) is 3.24. The lowest BCUT2D eigenvalue weighted by atomic mass is 9.96. The predicted octanol–water partition coefficient (Wildman–Crippen LogP) is 3.58. The van der Waals surface area contributed by atoms with Crippen LogP contribution in [0.3, 0.4) is 0 Å². The molecule has 4 rings (SSSR count). The summed E-state index contributed by atoms with van der Waals surface area (Å²) < 4.78 is 18.9. The first-order valence-electron chi connectivity index (χ1n) is 8.96. The minimum Gasteiger partial charge on any atom is -0.435 e. The van der Waals surface area contributed by atoms with E-state index >= 15 is 0 Å². The third-order valence-electron chi connectivity index (χ3n) is 4.97. The van der Waals surface area contributed by atoms with Crippen molar-refractivity contribution in [2.24, 2.45) is 0 Å². The zero-order valence-electron chi connectivity index (χ0n) is 14.9. The number of hydrogen-bond donors (Lipinski definition) is 1. The van der Waals surface area contributed by atoms with E-state index in [1.807, 2.05) is 11.8 Å². The van der Waals surface area contributed by atoms with E-state index in [9.17, 15) is 9.18 Å². The Morgan fingerprint density at radius 3 is 2.81 bits per heavy atom. The maximum atomic E-state index is 13.3. The number of carbonyl (C=O) groups is 1. The minimum atomic E-state index is -0.276. The van der Waals surface area contributed by atoms with E-state index in [4.69, 9.17) is 4.42 Å². The van der Waals surface area contributed by atoms with E-state index in [-0.39, 0.29) is 17.6 Å². The highest BCUT2D eigenvalue weighted by molar-refractivity contribution is 5.92. The topological polar surface area (TPSA) is 75.0 Å². The first-order valence-corrected chi connectivity index (χ1v) is 8.96. The van der Waals surface area contributed by atoms with Crippen LogP contribution in [-0.4, -0.2) is 38.8 Å². The van der Waals surface area contributed by atoms with Gasteiger partial charge in [-0.05, 0) is 38.0 Å². The Kier molecular flexibility index (Phi) is 4.22. The number of H-pyrrole nitrogens is 1. The molecule has 2 aromatic heterocycles. The number of fused-ring (bicyclic) bond motifs is 1. The maximum absolute atomic E-state index is 13.3. The molecule has 0 atom stereocenters. The molecule has 3 heterocycles. The summed E-state index contributed by atoms with van der Waals surface area (Å²) >= 11 is 0. The maximum Gasteiger partial charge on any atom is 0.291 e. The first-order chi connectivity index (χ1) is 12.5. The highest BCUT2D eigenvalue weighted by Crippen LogP contribution is 2.29. The van der Waals surface area contributed by atoms with Crippen molar-refractivity contribution < 1.29 is 13.6 Å². The monoisotopic (exact) mass is 356 g/mol. The van der Waals surface area contributed by atoms with Crippen LogP contribution in [0.5, 0.6) is 0 Å². The van der Waals surface area contributed by atoms with Gasteiger partial charge in [0.15, 0.2) is 5.89 Å². The summed E-state index contributed by atoms with van der Waals surface area (Å²) in [5.74, 6) is 1.66. The van der Waals surface area contributed by atoms with Gasteiger partial charge in [-0.15, -0.1) is 0 Å². The molecule has 1 saturated heterocycles. The van der Waals surface area contributed by atoms with Crippen molar-refractivity contribution in [3.05, 3.63) is 47.2 Å². The van der Waals surface area contributed by atoms with E-state index in [1.165, 1.54) is 12.1 Å². The SMILES string of the molecule is CCc1nc(C)c(C(=O)N2CCC(c3nc4ccc(F)cc4[nH]3)CC2)o1. The summed E-state index contributed by atoms with van der Waals surface area (Å²) in [5.41, 5.74) is 2.13. The van der Waals surface area contributed by atoms with Crippen molar-refractivity contribution in [3.8, 4) is 0 Å². The van der Waals surface area contributed by atoms with Gasteiger partial charge in [0.1, 0.15) is 11.6 Å². The molecule has 1 aromatic carbocycles. The van der Waals surface area contributed by atoms with Gasteiger partial charge in [0.25, 0.3) is 5.91 Å². The summed E-state index contributed by atoms with van der Waals surface area (Å²) in [5, 5.41) is 0. The number of aryl methyl sites for hydroxylation is 2. The van der Waals surface area contributed by atoms with Crippen molar-refractivity contribution >= 4 is 16.9 Å². The molecule has 0 saturated carbocycles. The number of benzene rings is 1. The van der Waals surface area contributed by atoms with Crippen molar-refractivity contribution in [2.75, 3.05) is 13.1 Å². The molecule has 136 valence electrons. The number of nitrogens with one attached hydrogen (secondary N) is 1. The van der Waals surface area contributed by atoms with E-state index in [0.717, 1.165) is 24.2 Å². The van der Waals surface area contributed by atoms with Crippen LogP contribution in [0.1, 0.15) is 53.6 Å². The third-order valence-corrected chi connectivity index (χ3v) is 4.97. The van der Waals surface area contributed by atoms with E-state index < -0.39 is 0 Å². The molecule has 1 aliphatic rings. The number of hydrogen-bond acceptors (Lipinski definition) is 4. The number of nitrogens with zero attached hydrogens (tertiary/aromatic N) is 3. The lowest BCUT2D eigenvalue weighted by molar-refractivity contribution is 0.0676. The van der Waals surface area contributed by atoms with Gasteiger partial charge in [0.05, 0.1) is 16.7 Å². The number of imidazole rings is 1. The molecule has 1 fully saturated rings. The first kappa shape index (κ1) is 16.8. The molecular formula is C19H21FN4O2. The fourth-order valence-electron chi connectivity index (χ4n) is 3.50. The van der Waals surface area contributed by atoms with Crippen LogP contribution in [0.4, 0.5) is 4.39 Å².